The van der Waals surface area contributed by atoms with Crippen LogP contribution in [0.5, 0.6) is 0 Å². The zero-order chi connectivity index (χ0) is 12.6. The van der Waals surface area contributed by atoms with E-state index in [1.807, 2.05) is 31.2 Å². The maximum Gasteiger partial charge on any atom is 0.204 e. The fraction of sp³-hybridized carbons (Fsp3) is 0.0833. The number of hydrogen-bond acceptors (Lipinski definition) is 2. The highest BCUT2D eigenvalue weighted by atomic mass is 79.9. The number of halogens is 3. The van der Waals surface area contributed by atoms with Crippen LogP contribution in [0.4, 0.5) is 0 Å². The van der Waals surface area contributed by atoms with Gasteiger partial charge in [-0.15, -0.1) is 11.3 Å². The maximum atomic E-state index is 12.3. The van der Waals surface area contributed by atoms with Gasteiger partial charge in [0.1, 0.15) is 0 Å². The molecule has 0 saturated carbocycles. The van der Waals surface area contributed by atoms with Crippen LogP contribution in [0.1, 0.15) is 20.1 Å². The van der Waals surface area contributed by atoms with Gasteiger partial charge in [0, 0.05) is 23.9 Å². The molecule has 2 aromatic rings. The SMILES string of the molecule is Cc1sc(C(=O)c2cc(Br)ccc2Br)cc1Br. The van der Waals surface area contributed by atoms with E-state index in [4.69, 9.17) is 0 Å². The van der Waals surface area contributed by atoms with E-state index in [0.717, 1.165) is 23.2 Å². The topological polar surface area (TPSA) is 17.1 Å². The van der Waals surface area contributed by atoms with E-state index < -0.39 is 0 Å². The molecule has 2 rings (SSSR count). The van der Waals surface area contributed by atoms with Crippen LogP contribution in [-0.2, 0) is 0 Å². The highest BCUT2D eigenvalue weighted by molar-refractivity contribution is 9.11. The molecular weight excluding hydrogens is 432 g/mol. The Morgan fingerprint density at radius 2 is 1.82 bits per heavy atom. The van der Waals surface area contributed by atoms with Gasteiger partial charge in [-0.05, 0) is 47.1 Å². The lowest BCUT2D eigenvalue weighted by Gasteiger charge is -2.02. The molecule has 0 N–H and O–H groups in total. The molecule has 1 aromatic carbocycles. The van der Waals surface area contributed by atoms with Crippen LogP contribution in [0.15, 0.2) is 37.7 Å². The smallest absolute Gasteiger partial charge is 0.204 e. The van der Waals surface area contributed by atoms with E-state index >= 15 is 0 Å². The van der Waals surface area contributed by atoms with Gasteiger partial charge in [0.05, 0.1) is 4.88 Å². The molecule has 5 heteroatoms. The normalized spacial score (nSPS) is 10.6. The molecule has 1 heterocycles. The van der Waals surface area contributed by atoms with Crippen molar-refractivity contribution in [3.8, 4) is 0 Å². The summed E-state index contributed by atoms with van der Waals surface area (Å²) in [5.41, 5.74) is 0.674. The summed E-state index contributed by atoms with van der Waals surface area (Å²) in [4.78, 5) is 14.2. The summed E-state index contributed by atoms with van der Waals surface area (Å²) in [6.45, 7) is 1.99. The van der Waals surface area contributed by atoms with E-state index in [2.05, 4.69) is 47.8 Å². The third-order valence-corrected chi connectivity index (χ3v) is 5.57. The van der Waals surface area contributed by atoms with Crippen LogP contribution in [0, 0.1) is 6.92 Å². The molecule has 0 unspecified atom stereocenters. The number of rotatable bonds is 2. The summed E-state index contributed by atoms with van der Waals surface area (Å²) in [6.07, 6.45) is 0. The first kappa shape index (κ1) is 13.5. The highest BCUT2D eigenvalue weighted by Gasteiger charge is 2.16. The van der Waals surface area contributed by atoms with E-state index in [9.17, 15) is 4.79 Å². The fourth-order valence-electron chi connectivity index (χ4n) is 1.38. The summed E-state index contributed by atoms with van der Waals surface area (Å²) < 4.78 is 2.70. The van der Waals surface area contributed by atoms with Gasteiger partial charge in [-0.2, -0.15) is 0 Å². The molecule has 88 valence electrons. The summed E-state index contributed by atoms with van der Waals surface area (Å²) in [5.74, 6) is 0.0389. The molecule has 0 aliphatic heterocycles. The molecule has 1 aromatic heterocycles. The van der Waals surface area contributed by atoms with Crippen molar-refractivity contribution in [2.24, 2.45) is 0 Å². The second-order valence-corrected chi connectivity index (χ2v) is 7.35. The van der Waals surface area contributed by atoms with Gasteiger partial charge in [0.15, 0.2) is 0 Å². The zero-order valence-corrected chi connectivity index (χ0v) is 14.3. The molecule has 0 aliphatic carbocycles. The van der Waals surface area contributed by atoms with E-state index in [1.165, 1.54) is 11.3 Å². The Morgan fingerprint density at radius 1 is 1.12 bits per heavy atom. The molecule has 0 radical (unpaired) electrons. The van der Waals surface area contributed by atoms with Crippen molar-refractivity contribution in [1.29, 1.82) is 0 Å². The molecular formula is C12H7Br3OS. The van der Waals surface area contributed by atoms with Crippen molar-refractivity contribution < 1.29 is 4.79 Å². The Labute approximate surface area is 129 Å². The van der Waals surface area contributed by atoms with Gasteiger partial charge < -0.3 is 0 Å². The Hall–Kier alpha value is 0.0300. The van der Waals surface area contributed by atoms with E-state index in [-0.39, 0.29) is 5.78 Å². The average Bonchev–Trinajstić information content (AvgIpc) is 2.62. The number of carbonyl (C=O) groups is 1. The Balaban J connectivity index is 2.47. The van der Waals surface area contributed by atoms with Gasteiger partial charge in [-0.1, -0.05) is 31.9 Å². The molecule has 0 bridgehead atoms. The van der Waals surface area contributed by atoms with Crippen LogP contribution in [0.2, 0.25) is 0 Å². The number of aryl methyl sites for hydroxylation is 1. The lowest BCUT2D eigenvalue weighted by Crippen LogP contribution is -1.99. The van der Waals surface area contributed by atoms with Crippen LogP contribution in [0.25, 0.3) is 0 Å². The van der Waals surface area contributed by atoms with Crippen LogP contribution in [0.3, 0.4) is 0 Å². The van der Waals surface area contributed by atoms with Gasteiger partial charge in [-0.3, -0.25) is 4.79 Å². The average molecular weight is 439 g/mol. The third-order valence-electron chi connectivity index (χ3n) is 2.25. The van der Waals surface area contributed by atoms with E-state index in [1.54, 1.807) is 0 Å². The predicted octanol–water partition coefficient (Wildman–Crippen LogP) is 5.58. The number of benzene rings is 1. The van der Waals surface area contributed by atoms with Crippen molar-refractivity contribution in [2.75, 3.05) is 0 Å². The Kier molecular flexibility index (Phi) is 4.23. The number of carbonyl (C=O) groups excluding carboxylic acids is 1. The lowest BCUT2D eigenvalue weighted by atomic mass is 10.1. The number of thiophene rings is 1. The third kappa shape index (κ3) is 2.89. The van der Waals surface area contributed by atoms with Crippen molar-refractivity contribution in [3.63, 3.8) is 0 Å². The highest BCUT2D eigenvalue weighted by Crippen LogP contribution is 2.30. The molecule has 0 atom stereocenters. The quantitative estimate of drug-likeness (QED) is 0.560. The van der Waals surface area contributed by atoms with Gasteiger partial charge >= 0.3 is 0 Å². The minimum atomic E-state index is 0.0389. The first-order valence-corrected chi connectivity index (χ1v) is 7.94. The summed E-state index contributed by atoms with van der Waals surface area (Å²) >= 11 is 11.7. The summed E-state index contributed by atoms with van der Waals surface area (Å²) in [7, 11) is 0. The molecule has 0 aliphatic rings. The van der Waals surface area contributed by atoms with Crippen molar-refractivity contribution in [2.45, 2.75) is 6.92 Å². The van der Waals surface area contributed by atoms with E-state index in [0.29, 0.717) is 5.56 Å². The second-order valence-electron chi connectivity index (χ2n) is 3.47. The van der Waals surface area contributed by atoms with Crippen LogP contribution in [-0.4, -0.2) is 5.78 Å². The largest absolute Gasteiger partial charge is 0.288 e. The standard InChI is InChI=1S/C12H7Br3OS/c1-6-10(15)5-11(17-6)12(16)8-4-7(13)2-3-9(8)14/h2-5H,1H3. The molecule has 0 spiro atoms. The van der Waals surface area contributed by atoms with Crippen molar-refractivity contribution >= 4 is 64.9 Å². The van der Waals surface area contributed by atoms with Crippen LogP contribution < -0.4 is 0 Å². The zero-order valence-electron chi connectivity index (χ0n) is 8.76. The second kappa shape index (κ2) is 5.34. The Morgan fingerprint density at radius 3 is 2.41 bits per heavy atom. The minimum absolute atomic E-state index is 0.0389. The van der Waals surface area contributed by atoms with Crippen molar-refractivity contribution in [3.05, 3.63) is 53.0 Å². The molecule has 17 heavy (non-hydrogen) atoms. The van der Waals surface area contributed by atoms with Gasteiger partial charge in [0.2, 0.25) is 5.78 Å². The molecule has 1 nitrogen and oxygen atoms in total. The van der Waals surface area contributed by atoms with Gasteiger partial charge in [0.25, 0.3) is 0 Å². The Bertz CT molecular complexity index is 570. The lowest BCUT2D eigenvalue weighted by molar-refractivity contribution is 0.104. The molecule has 0 fully saturated rings. The fourth-order valence-corrected chi connectivity index (χ4v) is 3.65. The molecule has 0 saturated heterocycles. The molecule has 0 amide bonds. The maximum absolute atomic E-state index is 12.3. The number of ketones is 1. The first-order valence-electron chi connectivity index (χ1n) is 4.74. The monoisotopic (exact) mass is 436 g/mol. The predicted molar refractivity (Wildman–Crippen MR) is 82.0 cm³/mol. The van der Waals surface area contributed by atoms with Crippen molar-refractivity contribution in [1.82, 2.24) is 0 Å². The van der Waals surface area contributed by atoms with Gasteiger partial charge in [-0.25, -0.2) is 0 Å². The minimum Gasteiger partial charge on any atom is -0.288 e. The van der Waals surface area contributed by atoms with Crippen LogP contribution >= 0.6 is 59.1 Å². The summed E-state index contributed by atoms with van der Waals surface area (Å²) in [5, 5.41) is 0. The number of hydrogen-bond donors (Lipinski definition) is 0. The summed E-state index contributed by atoms with van der Waals surface area (Å²) in [6, 6.07) is 7.47. The first-order chi connectivity index (χ1) is 7.99.